The monoisotopic (exact) mass is 464 g/mol. The summed E-state index contributed by atoms with van der Waals surface area (Å²) >= 11 is 0. The van der Waals surface area contributed by atoms with Gasteiger partial charge in [-0.25, -0.2) is 0 Å². The third kappa shape index (κ3) is 4.48. The van der Waals surface area contributed by atoms with Gasteiger partial charge < -0.3 is 14.7 Å². The van der Waals surface area contributed by atoms with Crippen LogP contribution in [0.25, 0.3) is 0 Å². The number of nitrogens with one attached hydrogen (secondary N) is 1. The van der Waals surface area contributed by atoms with Crippen LogP contribution in [0.2, 0.25) is 0 Å². The lowest BCUT2D eigenvalue weighted by Crippen LogP contribution is -2.52. The van der Waals surface area contributed by atoms with E-state index in [4.69, 9.17) is 4.74 Å². The van der Waals surface area contributed by atoms with Gasteiger partial charge in [0.05, 0.1) is 5.69 Å². The normalized spacial score (nSPS) is 23.1. The zero-order valence-electron chi connectivity index (χ0n) is 18.9. The number of rotatable bonds is 6. The first-order valence-electron chi connectivity index (χ1n) is 11.8. The van der Waals surface area contributed by atoms with Crippen LogP contribution in [0.4, 0.5) is 0 Å². The molecule has 2 N–H and O–H groups in total. The Bertz CT molecular complexity index is 1120. The van der Waals surface area contributed by atoms with Crippen molar-refractivity contribution in [2.45, 2.75) is 57.3 Å². The minimum absolute atomic E-state index is 0.190. The van der Waals surface area contributed by atoms with Crippen molar-refractivity contribution >= 4 is 17.7 Å². The van der Waals surface area contributed by atoms with Gasteiger partial charge in [0, 0.05) is 37.3 Å². The van der Waals surface area contributed by atoms with Gasteiger partial charge in [-0.2, -0.15) is 0 Å². The predicted molar refractivity (Wildman–Crippen MR) is 122 cm³/mol. The minimum Gasteiger partial charge on any atom is -0.506 e. The van der Waals surface area contributed by atoms with Crippen LogP contribution >= 0.6 is 0 Å². The molecule has 0 aliphatic carbocycles. The van der Waals surface area contributed by atoms with Crippen LogP contribution in [0, 0.1) is 0 Å². The molecule has 1 aromatic carbocycles. The molecular weight excluding hydrogens is 436 g/mol. The Morgan fingerprint density at radius 1 is 1.15 bits per heavy atom. The van der Waals surface area contributed by atoms with Crippen LogP contribution in [0.3, 0.4) is 0 Å². The van der Waals surface area contributed by atoms with E-state index in [0.717, 1.165) is 31.4 Å². The molecule has 0 bridgehead atoms. The van der Waals surface area contributed by atoms with Gasteiger partial charge in [-0.05, 0) is 61.7 Å². The molecule has 0 spiro atoms. The first-order chi connectivity index (χ1) is 16.5. The smallest absolute Gasteiger partial charge is 0.255 e. The van der Waals surface area contributed by atoms with Crippen LogP contribution in [0.5, 0.6) is 11.5 Å². The van der Waals surface area contributed by atoms with Crippen molar-refractivity contribution in [1.29, 1.82) is 0 Å². The van der Waals surface area contributed by atoms with Crippen LogP contribution in [-0.4, -0.2) is 62.8 Å². The highest BCUT2D eigenvalue weighted by molar-refractivity contribution is 6.05. The lowest BCUT2D eigenvalue weighted by atomic mass is 10.0. The maximum absolute atomic E-state index is 12.9. The Morgan fingerprint density at radius 2 is 2.03 bits per heavy atom. The molecule has 3 aliphatic rings. The summed E-state index contributed by atoms with van der Waals surface area (Å²) in [5, 5.41) is 12.4. The summed E-state index contributed by atoms with van der Waals surface area (Å²) in [5.74, 6) is -0.00882. The Hall–Kier alpha value is -3.46. The highest BCUT2D eigenvalue weighted by atomic mass is 16.5. The van der Waals surface area contributed by atoms with Crippen molar-refractivity contribution in [3.8, 4) is 11.5 Å². The van der Waals surface area contributed by atoms with Crippen molar-refractivity contribution in [2.24, 2.45) is 0 Å². The van der Waals surface area contributed by atoms with E-state index in [1.54, 1.807) is 35.4 Å². The number of piperidine rings is 2. The molecular formula is C25H28N4O5. The predicted octanol–water partition coefficient (Wildman–Crippen LogP) is 1.98. The number of aromatic nitrogens is 1. The van der Waals surface area contributed by atoms with Crippen LogP contribution < -0.4 is 10.1 Å². The number of aromatic hydroxyl groups is 1. The van der Waals surface area contributed by atoms with Crippen molar-refractivity contribution in [3.63, 3.8) is 0 Å². The van der Waals surface area contributed by atoms with E-state index >= 15 is 0 Å². The molecule has 1 unspecified atom stereocenters. The Kier molecular flexibility index (Phi) is 6.19. The maximum Gasteiger partial charge on any atom is 0.255 e. The van der Waals surface area contributed by atoms with E-state index in [2.05, 4.69) is 15.2 Å². The number of ether oxygens (including phenoxy) is 1. The SMILES string of the molecule is O=C1CCC(N2Cc3cc(OC[C@H]4CCCCN4Cc4ncccc4O)ccc3C2=O)C(=O)N1. The Balaban J connectivity index is 1.23. The standard InChI is InChI=1S/C25H28N4O5/c30-22-5-3-10-26-20(22)14-28-11-2-1-4-17(28)15-34-18-6-7-19-16(12-18)13-29(25(19)33)21-8-9-23(31)27-24(21)32/h3,5-7,10,12,17,21,30H,1-2,4,8-9,11,13-15H2,(H,27,31,32)/t17-,21?/m1/s1. The molecule has 0 saturated carbocycles. The van der Waals surface area contributed by atoms with E-state index in [1.807, 2.05) is 6.07 Å². The number of fused-ring (bicyclic) bond motifs is 1. The van der Waals surface area contributed by atoms with Crippen molar-refractivity contribution in [2.75, 3.05) is 13.2 Å². The summed E-state index contributed by atoms with van der Waals surface area (Å²) in [6.45, 7) is 2.31. The lowest BCUT2D eigenvalue weighted by molar-refractivity contribution is -0.136. The number of carbonyl (C=O) groups is 3. The number of hydrogen-bond donors (Lipinski definition) is 2. The molecule has 3 amide bonds. The molecule has 2 aromatic rings. The van der Waals surface area contributed by atoms with Crippen molar-refractivity contribution in [1.82, 2.24) is 20.1 Å². The van der Waals surface area contributed by atoms with E-state index in [1.165, 1.54) is 0 Å². The quantitative estimate of drug-likeness (QED) is 0.629. The summed E-state index contributed by atoms with van der Waals surface area (Å²) in [6, 6.07) is 8.37. The van der Waals surface area contributed by atoms with Gasteiger partial charge in [-0.3, -0.25) is 29.6 Å². The van der Waals surface area contributed by atoms with Crippen molar-refractivity contribution in [3.05, 3.63) is 53.3 Å². The van der Waals surface area contributed by atoms with E-state index in [9.17, 15) is 19.5 Å². The van der Waals surface area contributed by atoms with Gasteiger partial charge >= 0.3 is 0 Å². The van der Waals surface area contributed by atoms with Gasteiger partial charge in [0.1, 0.15) is 24.1 Å². The second-order valence-corrected chi connectivity index (χ2v) is 9.12. The number of hydrogen-bond acceptors (Lipinski definition) is 7. The number of amides is 3. The molecule has 9 heteroatoms. The third-order valence-electron chi connectivity index (χ3n) is 6.91. The molecule has 9 nitrogen and oxygen atoms in total. The Morgan fingerprint density at radius 3 is 2.85 bits per heavy atom. The zero-order chi connectivity index (χ0) is 23.7. The molecule has 2 fully saturated rings. The summed E-state index contributed by atoms with van der Waals surface area (Å²) in [5.41, 5.74) is 2.06. The van der Waals surface area contributed by atoms with E-state index in [0.29, 0.717) is 43.1 Å². The summed E-state index contributed by atoms with van der Waals surface area (Å²) in [6.07, 6.45) is 5.49. The lowest BCUT2D eigenvalue weighted by Gasteiger charge is -2.35. The number of nitrogens with zero attached hydrogens (tertiary/aromatic N) is 3. The zero-order valence-corrected chi connectivity index (χ0v) is 18.9. The van der Waals surface area contributed by atoms with E-state index < -0.39 is 11.9 Å². The van der Waals surface area contributed by atoms with Crippen LogP contribution in [0.1, 0.15) is 53.7 Å². The van der Waals surface area contributed by atoms with Gasteiger partial charge in [-0.15, -0.1) is 0 Å². The second kappa shape index (κ2) is 9.42. The number of likely N-dealkylation sites (tertiary alicyclic amines) is 1. The number of imide groups is 1. The van der Waals surface area contributed by atoms with Crippen molar-refractivity contribution < 1.29 is 24.2 Å². The molecule has 0 radical (unpaired) electrons. The average Bonchev–Trinajstić information content (AvgIpc) is 3.15. The second-order valence-electron chi connectivity index (χ2n) is 9.12. The highest BCUT2D eigenvalue weighted by Gasteiger charge is 2.39. The van der Waals surface area contributed by atoms with E-state index in [-0.39, 0.29) is 30.0 Å². The van der Waals surface area contributed by atoms with Gasteiger partial charge in [0.15, 0.2) is 0 Å². The van der Waals surface area contributed by atoms with Gasteiger partial charge in [-0.1, -0.05) is 6.42 Å². The molecule has 2 atom stereocenters. The highest BCUT2D eigenvalue weighted by Crippen LogP contribution is 2.31. The summed E-state index contributed by atoms with van der Waals surface area (Å²) in [7, 11) is 0. The Labute approximate surface area is 197 Å². The largest absolute Gasteiger partial charge is 0.506 e. The molecule has 4 heterocycles. The first kappa shape index (κ1) is 22.3. The van der Waals surface area contributed by atoms with Crippen LogP contribution in [0.15, 0.2) is 36.5 Å². The topological polar surface area (TPSA) is 112 Å². The number of carbonyl (C=O) groups excluding carboxylic acids is 3. The third-order valence-corrected chi connectivity index (χ3v) is 6.91. The molecule has 1 aromatic heterocycles. The maximum atomic E-state index is 12.9. The summed E-state index contributed by atoms with van der Waals surface area (Å²) in [4.78, 5) is 44.7. The summed E-state index contributed by atoms with van der Waals surface area (Å²) < 4.78 is 6.14. The first-order valence-corrected chi connectivity index (χ1v) is 11.8. The molecule has 34 heavy (non-hydrogen) atoms. The number of benzene rings is 1. The average molecular weight is 465 g/mol. The molecule has 3 aliphatic heterocycles. The molecule has 2 saturated heterocycles. The molecule has 5 rings (SSSR count). The van der Waals surface area contributed by atoms with Crippen LogP contribution in [-0.2, 0) is 22.7 Å². The van der Waals surface area contributed by atoms with Gasteiger partial charge in [0.25, 0.3) is 5.91 Å². The fraction of sp³-hybridized carbons (Fsp3) is 0.440. The fourth-order valence-electron chi connectivity index (χ4n) is 5.03. The molecule has 178 valence electrons. The fourth-order valence-corrected chi connectivity index (χ4v) is 5.03. The number of pyridine rings is 1. The minimum atomic E-state index is -0.624. The van der Waals surface area contributed by atoms with Gasteiger partial charge in [0.2, 0.25) is 11.8 Å².